The molecule has 0 aliphatic carbocycles. The molecule has 4 N–H and O–H groups in total. The highest BCUT2D eigenvalue weighted by Crippen LogP contribution is 2.10. The van der Waals surface area contributed by atoms with Gasteiger partial charge < -0.3 is 16.3 Å². The van der Waals surface area contributed by atoms with E-state index < -0.39 is 9.84 Å². The predicted octanol–water partition coefficient (Wildman–Crippen LogP) is 0.347. The van der Waals surface area contributed by atoms with Gasteiger partial charge in [-0.05, 0) is 30.7 Å². The van der Waals surface area contributed by atoms with E-state index in [9.17, 15) is 13.2 Å². The Morgan fingerprint density at radius 1 is 1.35 bits per heavy atom. The van der Waals surface area contributed by atoms with Crippen LogP contribution in [0.2, 0.25) is 0 Å². The molecule has 0 aliphatic rings. The van der Waals surface area contributed by atoms with E-state index in [-0.39, 0.29) is 16.6 Å². The Morgan fingerprint density at radius 3 is 2.45 bits per heavy atom. The van der Waals surface area contributed by atoms with Gasteiger partial charge in [0.1, 0.15) is 5.84 Å². The van der Waals surface area contributed by atoms with Crippen LogP contribution in [0.15, 0.2) is 34.3 Å². The number of hydrogen-bond acceptors (Lipinski definition) is 5. The summed E-state index contributed by atoms with van der Waals surface area (Å²) >= 11 is 0. The van der Waals surface area contributed by atoms with Gasteiger partial charge in [-0.2, -0.15) is 0 Å². The standard InChI is InChI=1S/C12H17N3O4S/c1-20(18,19)10-6-4-9(5-7-10)12(16)14-8-2-3-11(13)15-17/h4-7,17H,2-3,8H2,1H3,(H2,13,15)(H,14,16). The molecule has 0 aromatic heterocycles. The lowest BCUT2D eigenvalue weighted by molar-refractivity contribution is 0.0953. The number of hydrogen-bond donors (Lipinski definition) is 3. The van der Waals surface area contributed by atoms with Crippen molar-refractivity contribution >= 4 is 21.6 Å². The smallest absolute Gasteiger partial charge is 0.251 e. The topological polar surface area (TPSA) is 122 Å². The van der Waals surface area contributed by atoms with E-state index >= 15 is 0 Å². The molecule has 1 rings (SSSR count). The van der Waals surface area contributed by atoms with Crippen molar-refractivity contribution in [2.24, 2.45) is 10.9 Å². The van der Waals surface area contributed by atoms with Gasteiger partial charge in [0, 0.05) is 24.8 Å². The third-order valence-electron chi connectivity index (χ3n) is 2.57. The Hall–Kier alpha value is -2.09. The first kappa shape index (κ1) is 16.0. The zero-order chi connectivity index (χ0) is 15.2. The highest BCUT2D eigenvalue weighted by Gasteiger charge is 2.09. The third kappa shape index (κ3) is 4.88. The van der Waals surface area contributed by atoms with Crippen molar-refractivity contribution in [1.82, 2.24) is 5.32 Å². The first-order chi connectivity index (χ1) is 9.34. The number of carbonyl (C=O) groups is 1. The van der Waals surface area contributed by atoms with E-state index in [4.69, 9.17) is 10.9 Å². The molecule has 0 unspecified atom stereocenters. The van der Waals surface area contributed by atoms with E-state index in [1.807, 2.05) is 0 Å². The number of benzene rings is 1. The van der Waals surface area contributed by atoms with Crippen molar-refractivity contribution in [2.75, 3.05) is 12.8 Å². The predicted molar refractivity (Wildman–Crippen MR) is 74.5 cm³/mol. The second-order valence-electron chi connectivity index (χ2n) is 4.25. The molecule has 7 nitrogen and oxygen atoms in total. The molecule has 0 radical (unpaired) electrons. The van der Waals surface area contributed by atoms with Gasteiger partial charge in [-0.3, -0.25) is 4.79 Å². The Balaban J connectivity index is 2.52. The third-order valence-corrected chi connectivity index (χ3v) is 3.70. The summed E-state index contributed by atoms with van der Waals surface area (Å²) in [5.74, 6) is -0.193. The van der Waals surface area contributed by atoms with Crippen molar-refractivity contribution in [3.63, 3.8) is 0 Å². The van der Waals surface area contributed by atoms with Crippen LogP contribution in [-0.2, 0) is 9.84 Å². The fraction of sp³-hybridized carbons (Fsp3) is 0.333. The molecule has 0 saturated carbocycles. The van der Waals surface area contributed by atoms with Crippen LogP contribution in [0.25, 0.3) is 0 Å². The summed E-state index contributed by atoms with van der Waals surface area (Å²) in [6.45, 7) is 0.378. The van der Waals surface area contributed by atoms with Crippen LogP contribution >= 0.6 is 0 Å². The highest BCUT2D eigenvalue weighted by molar-refractivity contribution is 7.90. The second-order valence-corrected chi connectivity index (χ2v) is 6.26. The van der Waals surface area contributed by atoms with Gasteiger partial charge in [-0.25, -0.2) is 8.42 Å². The molecule has 0 bridgehead atoms. The monoisotopic (exact) mass is 299 g/mol. The number of amides is 1. The molecule has 1 aromatic carbocycles. The van der Waals surface area contributed by atoms with Gasteiger partial charge in [-0.15, -0.1) is 0 Å². The van der Waals surface area contributed by atoms with Crippen molar-refractivity contribution in [2.45, 2.75) is 17.7 Å². The van der Waals surface area contributed by atoms with E-state index in [1.165, 1.54) is 24.3 Å². The molecule has 8 heteroatoms. The SMILES string of the molecule is CS(=O)(=O)c1ccc(C(=O)NCCCC(N)=NO)cc1. The lowest BCUT2D eigenvalue weighted by atomic mass is 10.2. The van der Waals surface area contributed by atoms with Gasteiger partial charge in [0.2, 0.25) is 0 Å². The lowest BCUT2D eigenvalue weighted by Gasteiger charge is -2.05. The molecule has 0 saturated heterocycles. The van der Waals surface area contributed by atoms with Gasteiger partial charge in [0.25, 0.3) is 5.91 Å². The summed E-state index contributed by atoms with van der Waals surface area (Å²) in [6.07, 6.45) is 2.03. The summed E-state index contributed by atoms with van der Waals surface area (Å²) in [5.41, 5.74) is 5.66. The maximum atomic E-state index is 11.7. The minimum atomic E-state index is -3.26. The van der Waals surface area contributed by atoms with Crippen molar-refractivity contribution < 1.29 is 18.4 Å². The second kappa shape index (κ2) is 6.90. The Labute approximate surface area is 117 Å². The molecule has 0 atom stereocenters. The Kier molecular flexibility index (Phi) is 5.51. The molecule has 0 spiro atoms. The van der Waals surface area contributed by atoms with Gasteiger partial charge in [0.05, 0.1) is 4.90 Å². The normalized spacial score (nSPS) is 12.2. The number of nitrogens with one attached hydrogen (secondary N) is 1. The number of rotatable bonds is 6. The van der Waals surface area contributed by atoms with Crippen LogP contribution in [-0.4, -0.2) is 38.2 Å². The molecule has 20 heavy (non-hydrogen) atoms. The number of oxime groups is 1. The molecule has 1 aromatic rings. The minimum Gasteiger partial charge on any atom is -0.409 e. The van der Waals surface area contributed by atoms with E-state index in [0.29, 0.717) is 24.9 Å². The van der Waals surface area contributed by atoms with Crippen molar-refractivity contribution in [3.05, 3.63) is 29.8 Å². The van der Waals surface area contributed by atoms with Crippen LogP contribution in [0.5, 0.6) is 0 Å². The Bertz CT molecular complexity index is 594. The van der Waals surface area contributed by atoms with Crippen LogP contribution in [0.1, 0.15) is 23.2 Å². The summed E-state index contributed by atoms with van der Waals surface area (Å²) in [7, 11) is -3.26. The average molecular weight is 299 g/mol. The van der Waals surface area contributed by atoms with Gasteiger partial charge in [0.15, 0.2) is 9.84 Å². The minimum absolute atomic E-state index is 0.108. The summed E-state index contributed by atoms with van der Waals surface area (Å²) < 4.78 is 22.5. The van der Waals surface area contributed by atoms with Crippen LogP contribution in [0.3, 0.4) is 0 Å². The quantitative estimate of drug-likeness (QED) is 0.230. The van der Waals surface area contributed by atoms with Gasteiger partial charge in [-0.1, -0.05) is 5.16 Å². The number of nitrogens with zero attached hydrogens (tertiary/aromatic N) is 1. The average Bonchev–Trinajstić information content (AvgIpc) is 2.42. The largest absolute Gasteiger partial charge is 0.409 e. The number of sulfone groups is 1. The fourth-order valence-electron chi connectivity index (χ4n) is 1.48. The first-order valence-corrected chi connectivity index (χ1v) is 7.78. The van der Waals surface area contributed by atoms with E-state index in [1.54, 1.807) is 0 Å². The molecule has 0 fully saturated rings. The lowest BCUT2D eigenvalue weighted by Crippen LogP contribution is -2.25. The molecule has 110 valence electrons. The first-order valence-electron chi connectivity index (χ1n) is 5.89. The number of carbonyl (C=O) groups excluding carboxylic acids is 1. The zero-order valence-electron chi connectivity index (χ0n) is 11.0. The highest BCUT2D eigenvalue weighted by atomic mass is 32.2. The fourth-order valence-corrected chi connectivity index (χ4v) is 2.11. The maximum Gasteiger partial charge on any atom is 0.251 e. The van der Waals surface area contributed by atoms with Crippen LogP contribution < -0.4 is 11.1 Å². The van der Waals surface area contributed by atoms with Crippen LogP contribution in [0.4, 0.5) is 0 Å². The number of nitrogens with two attached hydrogens (primary N) is 1. The summed E-state index contributed by atoms with van der Waals surface area (Å²) in [4.78, 5) is 11.9. The molecular formula is C12H17N3O4S. The van der Waals surface area contributed by atoms with Crippen molar-refractivity contribution in [3.8, 4) is 0 Å². The summed E-state index contributed by atoms with van der Waals surface area (Å²) in [6, 6.07) is 5.69. The van der Waals surface area contributed by atoms with E-state index in [2.05, 4.69) is 10.5 Å². The van der Waals surface area contributed by atoms with Crippen LogP contribution in [0, 0.1) is 0 Å². The molecule has 0 aliphatic heterocycles. The Morgan fingerprint density at radius 2 is 1.95 bits per heavy atom. The molecule has 0 heterocycles. The number of amidine groups is 1. The molecular weight excluding hydrogens is 282 g/mol. The summed E-state index contributed by atoms with van der Waals surface area (Å²) in [5, 5.41) is 13.8. The van der Waals surface area contributed by atoms with Crippen molar-refractivity contribution in [1.29, 1.82) is 0 Å². The maximum absolute atomic E-state index is 11.7. The van der Waals surface area contributed by atoms with E-state index in [0.717, 1.165) is 6.26 Å². The molecule has 1 amide bonds. The zero-order valence-corrected chi connectivity index (χ0v) is 11.9. The van der Waals surface area contributed by atoms with Gasteiger partial charge >= 0.3 is 0 Å².